The van der Waals surface area contributed by atoms with Crippen molar-refractivity contribution in [3.63, 3.8) is 0 Å². The third-order valence-corrected chi connectivity index (χ3v) is 6.96. The minimum absolute atomic E-state index is 0.000903. The van der Waals surface area contributed by atoms with Gasteiger partial charge in [-0.1, -0.05) is 0 Å². The monoisotopic (exact) mass is 460 g/mol. The highest BCUT2D eigenvalue weighted by atomic mass is 32.1. The highest BCUT2D eigenvalue weighted by Gasteiger charge is 2.30. The number of fused-ring (bicyclic) bond motifs is 2. The number of nitrogens with zero attached hydrogens (tertiary/aromatic N) is 2. The Labute approximate surface area is 195 Å². The van der Waals surface area contributed by atoms with Gasteiger partial charge >= 0.3 is 0 Å². The highest BCUT2D eigenvalue weighted by molar-refractivity contribution is 7.08. The molecule has 7 nitrogen and oxygen atoms in total. The van der Waals surface area contributed by atoms with Crippen LogP contribution in [0.3, 0.4) is 0 Å². The van der Waals surface area contributed by atoms with E-state index in [1.54, 1.807) is 11.3 Å². The zero-order valence-electron chi connectivity index (χ0n) is 18.0. The number of benzene rings is 2. The molecule has 2 aliphatic rings. The second-order valence-corrected chi connectivity index (χ2v) is 9.16. The number of amides is 1. The van der Waals surface area contributed by atoms with Crippen LogP contribution in [0.2, 0.25) is 0 Å². The smallest absolute Gasteiger partial charge is 0.246 e. The first kappa shape index (κ1) is 20.3. The first-order valence-electron chi connectivity index (χ1n) is 11.2. The van der Waals surface area contributed by atoms with Crippen LogP contribution in [0.4, 0.5) is 5.69 Å². The molecule has 8 heteroatoms. The zero-order valence-corrected chi connectivity index (χ0v) is 18.9. The second-order valence-electron chi connectivity index (χ2n) is 8.38. The maximum atomic E-state index is 13.4. The fraction of sp³-hybridized carbons (Fsp3) is 0.280. The van der Waals surface area contributed by atoms with Crippen LogP contribution in [0.5, 0.6) is 11.5 Å². The van der Waals surface area contributed by atoms with E-state index in [1.165, 1.54) is 0 Å². The quantitative estimate of drug-likeness (QED) is 0.446. The Kier molecular flexibility index (Phi) is 5.24. The van der Waals surface area contributed by atoms with Gasteiger partial charge in [0.1, 0.15) is 24.9 Å². The number of H-pyrrole nitrogens is 1. The summed E-state index contributed by atoms with van der Waals surface area (Å²) in [4.78, 5) is 15.7. The van der Waals surface area contributed by atoms with E-state index >= 15 is 0 Å². The number of aromatic nitrogens is 2. The van der Waals surface area contributed by atoms with Crippen molar-refractivity contribution in [2.24, 2.45) is 0 Å². The number of thiophene rings is 1. The SMILES string of the molecule is O=C(Nc1ccc2[nH]nc(-c3ccc4c(c3)OCCO4)c2c1)C(c1ccsc1)N1CCCC1. The average Bonchev–Trinajstić information content (AvgIpc) is 3.62. The van der Waals surface area contributed by atoms with E-state index in [4.69, 9.17) is 9.47 Å². The topological polar surface area (TPSA) is 79.5 Å². The fourth-order valence-corrected chi connectivity index (χ4v) is 5.35. The van der Waals surface area contributed by atoms with Gasteiger partial charge in [0.25, 0.3) is 0 Å². The zero-order chi connectivity index (χ0) is 22.2. The van der Waals surface area contributed by atoms with E-state index in [0.29, 0.717) is 13.2 Å². The Hall–Kier alpha value is -3.36. The standard InChI is InChI=1S/C25H24N4O3S/c30-25(24(17-7-12-33-15-17)29-8-1-2-9-29)26-18-4-5-20-19(14-18)23(28-27-20)16-3-6-21-22(13-16)32-11-10-31-21/h3-7,12-15,24H,1-2,8-11H2,(H,26,30)(H,27,28). The van der Waals surface area contributed by atoms with Crippen LogP contribution in [-0.4, -0.2) is 47.3 Å². The maximum Gasteiger partial charge on any atom is 0.246 e. The van der Waals surface area contributed by atoms with Gasteiger partial charge in [-0.05, 0) is 84.7 Å². The number of aromatic amines is 1. The molecule has 4 heterocycles. The highest BCUT2D eigenvalue weighted by Crippen LogP contribution is 2.37. The Morgan fingerprint density at radius 3 is 2.73 bits per heavy atom. The van der Waals surface area contributed by atoms with Crippen molar-refractivity contribution in [2.75, 3.05) is 31.6 Å². The molecule has 0 spiro atoms. The normalized spacial score (nSPS) is 16.7. The van der Waals surface area contributed by atoms with E-state index in [-0.39, 0.29) is 11.9 Å². The summed E-state index contributed by atoms with van der Waals surface area (Å²) in [6, 6.07) is 13.5. The molecule has 0 saturated carbocycles. The summed E-state index contributed by atoms with van der Waals surface area (Å²) in [7, 11) is 0. The molecule has 6 rings (SSSR count). The van der Waals surface area contributed by atoms with Gasteiger partial charge in [0, 0.05) is 16.6 Å². The molecule has 1 fully saturated rings. The van der Waals surface area contributed by atoms with Crippen molar-refractivity contribution in [3.8, 4) is 22.8 Å². The van der Waals surface area contributed by atoms with Crippen LogP contribution in [0.1, 0.15) is 24.4 Å². The number of anilines is 1. The number of carbonyl (C=O) groups is 1. The van der Waals surface area contributed by atoms with Crippen LogP contribution < -0.4 is 14.8 Å². The number of carbonyl (C=O) groups excluding carboxylic acids is 1. The van der Waals surface area contributed by atoms with Crippen molar-refractivity contribution in [1.29, 1.82) is 0 Å². The molecular formula is C25H24N4O3S. The van der Waals surface area contributed by atoms with Gasteiger partial charge in [-0.2, -0.15) is 16.4 Å². The predicted molar refractivity (Wildman–Crippen MR) is 129 cm³/mol. The molecule has 2 aromatic carbocycles. The number of nitrogens with one attached hydrogen (secondary N) is 2. The third kappa shape index (κ3) is 3.85. The van der Waals surface area contributed by atoms with Crippen molar-refractivity contribution in [1.82, 2.24) is 15.1 Å². The van der Waals surface area contributed by atoms with E-state index in [2.05, 4.69) is 25.8 Å². The molecule has 1 saturated heterocycles. The third-order valence-electron chi connectivity index (χ3n) is 6.26. The minimum atomic E-state index is -0.268. The molecule has 0 radical (unpaired) electrons. The average molecular weight is 461 g/mol. The lowest BCUT2D eigenvalue weighted by Crippen LogP contribution is -2.35. The maximum absolute atomic E-state index is 13.4. The summed E-state index contributed by atoms with van der Waals surface area (Å²) in [6.07, 6.45) is 2.27. The molecular weight excluding hydrogens is 436 g/mol. The van der Waals surface area contributed by atoms with Gasteiger partial charge in [0.05, 0.1) is 5.52 Å². The summed E-state index contributed by atoms with van der Waals surface area (Å²) >= 11 is 1.62. The van der Waals surface area contributed by atoms with Crippen LogP contribution in [0.15, 0.2) is 53.2 Å². The molecule has 168 valence electrons. The second kappa shape index (κ2) is 8.53. The van der Waals surface area contributed by atoms with Crippen LogP contribution in [0, 0.1) is 0 Å². The molecule has 2 aromatic heterocycles. The van der Waals surface area contributed by atoms with E-state index < -0.39 is 0 Å². The van der Waals surface area contributed by atoms with Gasteiger partial charge < -0.3 is 14.8 Å². The molecule has 0 bridgehead atoms. The number of hydrogen-bond acceptors (Lipinski definition) is 6. The minimum Gasteiger partial charge on any atom is -0.486 e. The Morgan fingerprint density at radius 2 is 1.91 bits per heavy atom. The lowest BCUT2D eigenvalue weighted by molar-refractivity contribution is -0.121. The van der Waals surface area contributed by atoms with Crippen LogP contribution >= 0.6 is 11.3 Å². The molecule has 4 aromatic rings. The van der Waals surface area contributed by atoms with Crippen molar-refractivity contribution in [2.45, 2.75) is 18.9 Å². The van der Waals surface area contributed by atoms with E-state index in [0.717, 1.165) is 70.8 Å². The van der Waals surface area contributed by atoms with Crippen LogP contribution in [-0.2, 0) is 4.79 Å². The first-order chi connectivity index (χ1) is 16.3. The van der Waals surface area contributed by atoms with Crippen molar-refractivity contribution >= 4 is 33.8 Å². The number of likely N-dealkylation sites (tertiary alicyclic amines) is 1. The molecule has 2 aliphatic heterocycles. The summed E-state index contributed by atoms with van der Waals surface area (Å²) < 4.78 is 11.4. The Morgan fingerprint density at radius 1 is 1.06 bits per heavy atom. The van der Waals surface area contributed by atoms with E-state index in [1.807, 2.05) is 47.8 Å². The van der Waals surface area contributed by atoms with E-state index in [9.17, 15) is 4.79 Å². The summed E-state index contributed by atoms with van der Waals surface area (Å²) in [5, 5.41) is 15.8. The van der Waals surface area contributed by atoms with Gasteiger partial charge in [-0.15, -0.1) is 0 Å². The van der Waals surface area contributed by atoms with Crippen molar-refractivity contribution < 1.29 is 14.3 Å². The fourth-order valence-electron chi connectivity index (χ4n) is 4.67. The summed E-state index contributed by atoms with van der Waals surface area (Å²) in [5.74, 6) is 1.47. The Balaban J connectivity index is 1.30. The van der Waals surface area contributed by atoms with Gasteiger partial charge in [-0.25, -0.2) is 0 Å². The molecule has 33 heavy (non-hydrogen) atoms. The predicted octanol–water partition coefficient (Wildman–Crippen LogP) is 4.84. The number of hydrogen-bond donors (Lipinski definition) is 2. The number of ether oxygens (including phenoxy) is 2. The Bertz CT molecular complexity index is 1290. The lowest BCUT2D eigenvalue weighted by Gasteiger charge is -2.26. The molecule has 1 amide bonds. The van der Waals surface area contributed by atoms with Gasteiger partial charge in [-0.3, -0.25) is 14.8 Å². The van der Waals surface area contributed by atoms with Gasteiger partial charge in [0.15, 0.2) is 11.5 Å². The molecule has 0 aliphatic carbocycles. The first-order valence-corrected chi connectivity index (χ1v) is 12.2. The summed E-state index contributed by atoms with van der Waals surface area (Å²) in [6.45, 7) is 2.99. The molecule has 2 N–H and O–H groups in total. The van der Waals surface area contributed by atoms with Crippen LogP contribution in [0.25, 0.3) is 22.2 Å². The molecule has 1 atom stereocenters. The number of rotatable bonds is 5. The molecule has 1 unspecified atom stereocenters. The summed E-state index contributed by atoms with van der Waals surface area (Å²) in [5.41, 5.74) is 4.47. The van der Waals surface area contributed by atoms with Gasteiger partial charge in [0.2, 0.25) is 5.91 Å². The largest absolute Gasteiger partial charge is 0.486 e. The lowest BCUT2D eigenvalue weighted by atomic mass is 10.1. The van der Waals surface area contributed by atoms with Crippen molar-refractivity contribution in [3.05, 3.63) is 58.8 Å².